The quantitative estimate of drug-likeness (QED) is 0.142. The first-order valence-electron chi connectivity index (χ1n) is 16.0. The van der Waals surface area contributed by atoms with Gasteiger partial charge in [0.15, 0.2) is 0 Å². The van der Waals surface area contributed by atoms with Gasteiger partial charge in [-0.1, -0.05) is 163 Å². The van der Waals surface area contributed by atoms with Crippen molar-refractivity contribution < 1.29 is 0 Å². The Balaban J connectivity index is 1.52. The van der Waals surface area contributed by atoms with Gasteiger partial charge in [-0.3, -0.25) is 0 Å². The lowest BCUT2D eigenvalue weighted by atomic mass is 10.1. The van der Waals surface area contributed by atoms with Crippen molar-refractivity contribution in [3.63, 3.8) is 0 Å². The maximum Gasteiger partial charge on any atom is 0.0545 e. The van der Waals surface area contributed by atoms with Crippen molar-refractivity contribution in [1.82, 2.24) is 0 Å². The van der Waals surface area contributed by atoms with Crippen LogP contribution >= 0.6 is 15.8 Å². The van der Waals surface area contributed by atoms with Crippen LogP contribution in [0, 0.1) is 13.8 Å². The van der Waals surface area contributed by atoms with Crippen molar-refractivity contribution in [3.8, 4) is 0 Å². The van der Waals surface area contributed by atoms with Crippen LogP contribution in [-0.2, 0) is 0 Å². The van der Waals surface area contributed by atoms with Gasteiger partial charge < -0.3 is 4.90 Å². The van der Waals surface area contributed by atoms with Crippen LogP contribution in [0.2, 0.25) is 0 Å². The molecule has 0 fully saturated rings. The number of anilines is 3. The third-order valence-electron chi connectivity index (χ3n) is 8.30. The Labute approximate surface area is 281 Å². The molecule has 0 saturated heterocycles. The molecule has 0 atom stereocenters. The minimum Gasteiger partial charge on any atom is -0.309 e. The zero-order chi connectivity index (χ0) is 32.0. The van der Waals surface area contributed by atoms with Gasteiger partial charge in [-0.2, -0.15) is 0 Å². The van der Waals surface area contributed by atoms with E-state index in [9.17, 15) is 0 Å². The Morgan fingerprint density at radius 3 is 0.957 bits per heavy atom. The zero-order valence-corrected chi connectivity index (χ0v) is 28.5. The molecule has 0 N–H and O–H groups in total. The number of hydrogen-bond donors (Lipinski definition) is 0. The summed E-state index contributed by atoms with van der Waals surface area (Å²) in [5.41, 5.74) is 6.09. The van der Waals surface area contributed by atoms with E-state index in [1.807, 2.05) is 0 Å². The van der Waals surface area contributed by atoms with E-state index in [4.69, 9.17) is 0 Å². The molecule has 0 aliphatic heterocycles. The molecule has 7 aromatic rings. The van der Waals surface area contributed by atoms with E-state index in [-0.39, 0.29) is 0 Å². The second kappa shape index (κ2) is 14.3. The van der Waals surface area contributed by atoms with E-state index in [1.165, 1.54) is 54.3 Å². The molecular weight excluding hydrogens is 604 g/mol. The fourth-order valence-corrected chi connectivity index (χ4v) is 11.2. The Morgan fingerprint density at radius 1 is 0.340 bits per heavy atom. The molecule has 0 amide bonds. The van der Waals surface area contributed by atoms with Gasteiger partial charge in [0.05, 0.1) is 11.4 Å². The molecular formula is C44H37NP2. The number of benzene rings is 7. The molecule has 0 saturated carbocycles. The number of rotatable bonds is 9. The summed E-state index contributed by atoms with van der Waals surface area (Å²) in [4.78, 5) is 2.52. The molecule has 0 radical (unpaired) electrons. The van der Waals surface area contributed by atoms with Crippen molar-refractivity contribution in [3.05, 3.63) is 199 Å². The monoisotopic (exact) mass is 641 g/mol. The number of aryl methyl sites for hydroxylation is 2. The summed E-state index contributed by atoms with van der Waals surface area (Å²) < 4.78 is 0. The van der Waals surface area contributed by atoms with E-state index in [0.29, 0.717) is 0 Å². The summed E-state index contributed by atoms with van der Waals surface area (Å²) in [5.74, 6) is 0. The fraction of sp³-hybridized carbons (Fsp3) is 0.0455. The largest absolute Gasteiger partial charge is 0.309 e. The van der Waals surface area contributed by atoms with Gasteiger partial charge in [0.25, 0.3) is 0 Å². The van der Waals surface area contributed by atoms with Crippen molar-refractivity contribution in [1.29, 1.82) is 0 Å². The molecule has 0 unspecified atom stereocenters. The van der Waals surface area contributed by atoms with Crippen LogP contribution in [0.5, 0.6) is 0 Å². The van der Waals surface area contributed by atoms with E-state index in [2.05, 4.69) is 207 Å². The summed E-state index contributed by atoms with van der Waals surface area (Å²) in [6.45, 7) is 4.43. The molecule has 0 aliphatic carbocycles. The van der Waals surface area contributed by atoms with E-state index < -0.39 is 15.8 Å². The first kappa shape index (κ1) is 30.8. The van der Waals surface area contributed by atoms with E-state index >= 15 is 0 Å². The van der Waals surface area contributed by atoms with Gasteiger partial charge in [-0.25, -0.2) is 0 Å². The first-order valence-corrected chi connectivity index (χ1v) is 18.7. The molecule has 0 bridgehead atoms. The molecule has 0 aliphatic rings. The number of nitrogens with zero attached hydrogens (tertiary/aromatic N) is 1. The smallest absolute Gasteiger partial charge is 0.0545 e. The zero-order valence-electron chi connectivity index (χ0n) is 26.7. The maximum absolute atomic E-state index is 2.52. The molecule has 1 nitrogen and oxygen atoms in total. The van der Waals surface area contributed by atoms with Gasteiger partial charge in [0.2, 0.25) is 0 Å². The second-order valence-corrected chi connectivity index (χ2v) is 16.0. The van der Waals surface area contributed by atoms with Crippen molar-refractivity contribution in [2.24, 2.45) is 0 Å². The summed E-state index contributed by atoms with van der Waals surface area (Å²) in [6.07, 6.45) is 0. The molecule has 0 heterocycles. The second-order valence-electron chi connectivity index (χ2n) is 11.7. The van der Waals surface area contributed by atoms with Crippen LogP contribution in [0.15, 0.2) is 188 Å². The summed E-state index contributed by atoms with van der Waals surface area (Å²) in [6, 6.07) is 69.1. The standard InChI is InChI=1S/C44H37NP2/c1-34-28-30-41(43(32-34)46(37-20-10-4-11-21-37)38-22-12-5-13-23-38)45(36-18-8-3-9-19-36)42-31-29-35(2)33-44(42)47(39-24-14-6-15-25-39)40-26-16-7-17-27-40/h3-33H,1-2H3. The van der Waals surface area contributed by atoms with Gasteiger partial charge >= 0.3 is 0 Å². The molecule has 3 heteroatoms. The van der Waals surface area contributed by atoms with Gasteiger partial charge in [-0.05, 0) is 87.3 Å². The van der Waals surface area contributed by atoms with Gasteiger partial charge in [-0.15, -0.1) is 0 Å². The van der Waals surface area contributed by atoms with E-state index in [1.54, 1.807) is 0 Å². The molecule has 0 spiro atoms. The summed E-state index contributed by atoms with van der Waals surface area (Å²) in [5, 5.41) is 8.05. The van der Waals surface area contributed by atoms with Gasteiger partial charge in [0, 0.05) is 16.3 Å². The third kappa shape index (κ3) is 6.70. The molecule has 7 rings (SSSR count). The maximum atomic E-state index is 2.52. The summed E-state index contributed by atoms with van der Waals surface area (Å²) in [7, 11) is -1.70. The van der Waals surface area contributed by atoms with Crippen LogP contribution in [0.25, 0.3) is 0 Å². The minimum absolute atomic E-state index is 0.851. The lowest BCUT2D eigenvalue weighted by Gasteiger charge is -2.34. The fourth-order valence-electron chi connectivity index (χ4n) is 6.15. The molecule has 47 heavy (non-hydrogen) atoms. The Bertz CT molecular complexity index is 1840. The third-order valence-corrected chi connectivity index (χ3v) is 13.2. The van der Waals surface area contributed by atoms with Crippen LogP contribution in [0.1, 0.15) is 11.1 Å². The Hall–Kier alpha value is -4.80. The minimum atomic E-state index is -0.851. The van der Waals surface area contributed by atoms with E-state index in [0.717, 1.165) is 5.69 Å². The summed E-state index contributed by atoms with van der Waals surface area (Å²) >= 11 is 0. The highest BCUT2D eigenvalue weighted by Gasteiger charge is 2.28. The number of hydrogen-bond acceptors (Lipinski definition) is 1. The topological polar surface area (TPSA) is 3.24 Å². The van der Waals surface area contributed by atoms with Gasteiger partial charge in [0.1, 0.15) is 0 Å². The predicted octanol–water partition coefficient (Wildman–Crippen LogP) is 9.29. The van der Waals surface area contributed by atoms with Crippen molar-refractivity contribution in [2.75, 3.05) is 4.90 Å². The molecule has 7 aromatic carbocycles. The first-order chi connectivity index (χ1) is 23.2. The SMILES string of the molecule is Cc1ccc(N(c2ccccc2)c2ccc(C)cc2P(c2ccccc2)c2ccccc2)c(P(c2ccccc2)c2ccccc2)c1. The Morgan fingerprint density at radius 2 is 0.638 bits per heavy atom. The Kier molecular flexibility index (Phi) is 9.39. The van der Waals surface area contributed by atoms with Crippen LogP contribution in [-0.4, -0.2) is 0 Å². The molecule has 228 valence electrons. The highest BCUT2D eigenvalue weighted by Crippen LogP contribution is 2.45. The normalized spacial score (nSPS) is 11.1. The highest BCUT2D eigenvalue weighted by molar-refractivity contribution is 7.80. The lowest BCUT2D eigenvalue weighted by Crippen LogP contribution is -2.30. The van der Waals surface area contributed by atoms with Crippen molar-refractivity contribution >= 4 is 64.7 Å². The van der Waals surface area contributed by atoms with Crippen LogP contribution in [0.4, 0.5) is 17.1 Å². The lowest BCUT2D eigenvalue weighted by molar-refractivity contribution is 1.29. The van der Waals surface area contributed by atoms with Crippen LogP contribution < -0.4 is 36.7 Å². The predicted molar refractivity (Wildman–Crippen MR) is 208 cm³/mol. The van der Waals surface area contributed by atoms with Crippen molar-refractivity contribution in [2.45, 2.75) is 13.8 Å². The van der Waals surface area contributed by atoms with Crippen LogP contribution in [0.3, 0.4) is 0 Å². The number of para-hydroxylation sites is 1. The molecule has 0 aromatic heterocycles. The average Bonchev–Trinajstić information content (AvgIpc) is 3.13. The highest BCUT2D eigenvalue weighted by atomic mass is 31.1. The average molecular weight is 642 g/mol.